The highest BCUT2D eigenvalue weighted by atomic mass is 16.5. The molecule has 3 N–H and O–H groups in total. The maximum atomic E-state index is 9.82. The molecular formula is C21H24N4O2. The molecule has 140 valence electrons. The normalized spacial score (nSPS) is 21.4. The molecule has 27 heavy (non-hydrogen) atoms. The summed E-state index contributed by atoms with van der Waals surface area (Å²) in [5.74, 6) is 0.968. The second-order valence-electron chi connectivity index (χ2n) is 7.29. The van der Waals surface area contributed by atoms with Crippen molar-refractivity contribution in [1.82, 2.24) is 9.88 Å². The highest BCUT2D eigenvalue weighted by molar-refractivity contribution is 5.80. The summed E-state index contributed by atoms with van der Waals surface area (Å²) in [6.45, 7) is 0.192. The summed E-state index contributed by atoms with van der Waals surface area (Å²) in [5, 5.41) is 18.8. The molecule has 2 aromatic rings. The lowest BCUT2D eigenvalue weighted by Crippen LogP contribution is -2.45. The molecule has 0 saturated carbocycles. The van der Waals surface area contributed by atoms with Gasteiger partial charge >= 0.3 is 0 Å². The van der Waals surface area contributed by atoms with Crippen molar-refractivity contribution in [3.05, 3.63) is 41.1 Å². The van der Waals surface area contributed by atoms with Crippen LogP contribution in [0.1, 0.15) is 42.1 Å². The number of nitrogens with zero attached hydrogens (tertiary/aromatic N) is 3. The van der Waals surface area contributed by atoms with Crippen LogP contribution in [0.2, 0.25) is 0 Å². The molecular weight excluding hydrogens is 340 g/mol. The number of nitrogens with two attached hydrogens (primary N) is 1. The van der Waals surface area contributed by atoms with Crippen LogP contribution in [0, 0.1) is 11.3 Å². The Morgan fingerprint density at radius 3 is 3.04 bits per heavy atom. The Hall–Kier alpha value is -2.62. The number of hydrogen-bond donors (Lipinski definition) is 2. The maximum Gasteiger partial charge on any atom is 0.142 e. The molecule has 1 fully saturated rings. The van der Waals surface area contributed by atoms with Gasteiger partial charge in [0.2, 0.25) is 0 Å². The van der Waals surface area contributed by atoms with E-state index in [2.05, 4.69) is 23.0 Å². The van der Waals surface area contributed by atoms with Gasteiger partial charge in [-0.2, -0.15) is 5.26 Å². The van der Waals surface area contributed by atoms with Gasteiger partial charge in [0.15, 0.2) is 0 Å². The molecule has 0 aliphatic carbocycles. The number of likely N-dealkylation sites (N-methyl/N-ethyl adjacent to an activating group) is 1. The molecule has 2 bridgehead atoms. The maximum absolute atomic E-state index is 9.82. The highest BCUT2D eigenvalue weighted by Crippen LogP contribution is 2.46. The van der Waals surface area contributed by atoms with Crippen LogP contribution in [-0.2, 0) is 6.42 Å². The average Bonchev–Trinajstić information content (AvgIpc) is 2.66. The zero-order chi connectivity index (χ0) is 19.0. The summed E-state index contributed by atoms with van der Waals surface area (Å²) in [4.78, 5) is 7.05. The molecule has 6 heteroatoms. The Balaban J connectivity index is 1.91. The van der Waals surface area contributed by atoms with E-state index < -0.39 is 0 Å². The molecule has 0 radical (unpaired) electrons. The Labute approximate surface area is 159 Å². The summed E-state index contributed by atoms with van der Waals surface area (Å²) in [5.41, 5.74) is 10.6. The fourth-order valence-corrected chi connectivity index (χ4v) is 4.53. The number of nitriles is 1. The number of ether oxygens (including phenoxy) is 1. The summed E-state index contributed by atoms with van der Waals surface area (Å²) in [6.07, 6.45) is 4.29. The predicted molar refractivity (Wildman–Crippen MR) is 103 cm³/mol. The third kappa shape index (κ3) is 3.03. The first-order valence-electron chi connectivity index (χ1n) is 9.42. The van der Waals surface area contributed by atoms with E-state index >= 15 is 0 Å². The third-order valence-electron chi connectivity index (χ3n) is 5.78. The SMILES string of the molecule is CN1[C@@H]2CCC[C@H]1c1c(nc(N)c(C#N)c1-c1cccc(OCCO)c1)C2. The van der Waals surface area contributed by atoms with Crippen molar-refractivity contribution in [1.29, 1.82) is 5.26 Å². The van der Waals surface area contributed by atoms with Crippen molar-refractivity contribution < 1.29 is 9.84 Å². The monoisotopic (exact) mass is 364 g/mol. The van der Waals surface area contributed by atoms with Gasteiger partial charge in [0.25, 0.3) is 0 Å². The molecule has 0 unspecified atom stereocenters. The van der Waals surface area contributed by atoms with Gasteiger partial charge in [0.05, 0.1) is 6.61 Å². The van der Waals surface area contributed by atoms with E-state index in [1.54, 1.807) is 0 Å². The molecule has 0 amide bonds. The fraction of sp³-hybridized carbons (Fsp3) is 0.429. The summed E-state index contributed by atoms with van der Waals surface area (Å²) in [7, 11) is 2.17. The topological polar surface area (TPSA) is 95.4 Å². The molecule has 1 aromatic carbocycles. The van der Waals surface area contributed by atoms with Crippen molar-refractivity contribution in [3.8, 4) is 22.9 Å². The van der Waals surface area contributed by atoms with Gasteiger partial charge in [0.1, 0.15) is 29.8 Å². The molecule has 1 aromatic heterocycles. The largest absolute Gasteiger partial charge is 0.491 e. The van der Waals surface area contributed by atoms with Crippen molar-refractivity contribution in [3.63, 3.8) is 0 Å². The van der Waals surface area contributed by atoms with Gasteiger partial charge in [-0.15, -0.1) is 0 Å². The van der Waals surface area contributed by atoms with E-state index in [4.69, 9.17) is 15.6 Å². The molecule has 0 spiro atoms. The summed E-state index contributed by atoms with van der Waals surface area (Å²) >= 11 is 0. The van der Waals surface area contributed by atoms with Crippen LogP contribution in [0.4, 0.5) is 5.82 Å². The number of piperidine rings is 1. The van der Waals surface area contributed by atoms with Gasteiger partial charge in [-0.05, 0) is 44.0 Å². The second-order valence-corrected chi connectivity index (χ2v) is 7.29. The number of nitrogen functional groups attached to an aromatic ring is 1. The minimum absolute atomic E-state index is 0.0421. The van der Waals surface area contributed by atoms with Gasteiger partial charge in [0, 0.05) is 35.3 Å². The van der Waals surface area contributed by atoms with Crippen LogP contribution in [0.3, 0.4) is 0 Å². The molecule has 1 saturated heterocycles. The number of aliphatic hydroxyl groups excluding tert-OH is 1. The van der Waals surface area contributed by atoms with Crippen LogP contribution < -0.4 is 10.5 Å². The number of rotatable bonds is 4. The molecule has 2 aliphatic heterocycles. The van der Waals surface area contributed by atoms with Crippen LogP contribution in [0.25, 0.3) is 11.1 Å². The number of aliphatic hydroxyl groups is 1. The standard InChI is InChI=1S/C21H24N4O2/c1-25-14-5-3-7-18(25)20-17(11-14)24-21(23)16(12-22)19(20)13-4-2-6-15(10-13)27-9-8-26/h2,4,6,10,14,18,26H,3,5,7-9,11H2,1H3,(H2,23,24)/t14-,18+/m1/s1. The minimum Gasteiger partial charge on any atom is -0.491 e. The van der Waals surface area contributed by atoms with Crippen LogP contribution >= 0.6 is 0 Å². The Morgan fingerprint density at radius 2 is 2.26 bits per heavy atom. The van der Waals surface area contributed by atoms with Crippen molar-refractivity contribution in [2.45, 2.75) is 37.8 Å². The number of benzene rings is 1. The molecule has 4 rings (SSSR count). The number of pyridine rings is 1. The van der Waals surface area contributed by atoms with Gasteiger partial charge < -0.3 is 15.6 Å². The Bertz CT molecular complexity index is 906. The zero-order valence-corrected chi connectivity index (χ0v) is 15.5. The van der Waals surface area contributed by atoms with E-state index in [1.807, 2.05) is 24.3 Å². The van der Waals surface area contributed by atoms with Crippen LogP contribution in [0.5, 0.6) is 5.75 Å². The Kier molecular flexibility index (Phi) is 4.73. The van der Waals surface area contributed by atoms with Crippen molar-refractivity contribution in [2.75, 3.05) is 26.0 Å². The number of anilines is 1. The second kappa shape index (κ2) is 7.18. The van der Waals surface area contributed by atoms with Gasteiger partial charge in [-0.1, -0.05) is 12.1 Å². The molecule has 6 nitrogen and oxygen atoms in total. The molecule has 2 atom stereocenters. The number of aromatic nitrogens is 1. The third-order valence-corrected chi connectivity index (χ3v) is 5.78. The highest BCUT2D eigenvalue weighted by Gasteiger charge is 2.38. The summed E-state index contributed by atoms with van der Waals surface area (Å²) < 4.78 is 5.58. The molecule has 3 heterocycles. The Morgan fingerprint density at radius 1 is 1.41 bits per heavy atom. The predicted octanol–water partition coefficient (Wildman–Crippen LogP) is 2.66. The first kappa shape index (κ1) is 17.8. The van der Waals surface area contributed by atoms with E-state index in [-0.39, 0.29) is 19.3 Å². The van der Waals surface area contributed by atoms with Crippen molar-refractivity contribution >= 4 is 5.82 Å². The van der Waals surface area contributed by atoms with E-state index in [9.17, 15) is 5.26 Å². The number of fused-ring (bicyclic) bond motifs is 4. The lowest BCUT2D eigenvalue weighted by atomic mass is 9.78. The van der Waals surface area contributed by atoms with Crippen LogP contribution in [-0.4, -0.2) is 41.3 Å². The average molecular weight is 364 g/mol. The van der Waals surface area contributed by atoms with E-state index in [0.29, 0.717) is 23.2 Å². The minimum atomic E-state index is -0.0421. The van der Waals surface area contributed by atoms with Gasteiger partial charge in [-0.3, -0.25) is 4.90 Å². The van der Waals surface area contributed by atoms with Crippen molar-refractivity contribution in [2.24, 2.45) is 0 Å². The molecule has 2 aliphatic rings. The lowest BCUT2D eigenvalue weighted by Gasteiger charge is -2.45. The first-order chi connectivity index (χ1) is 13.1. The van der Waals surface area contributed by atoms with E-state index in [0.717, 1.165) is 35.2 Å². The van der Waals surface area contributed by atoms with Gasteiger partial charge in [-0.25, -0.2) is 4.98 Å². The first-order valence-corrected chi connectivity index (χ1v) is 9.42. The lowest BCUT2D eigenvalue weighted by molar-refractivity contribution is 0.0988. The summed E-state index contributed by atoms with van der Waals surface area (Å²) in [6, 6.07) is 10.7. The van der Waals surface area contributed by atoms with Crippen LogP contribution in [0.15, 0.2) is 24.3 Å². The smallest absolute Gasteiger partial charge is 0.142 e. The number of hydrogen-bond acceptors (Lipinski definition) is 6. The van der Waals surface area contributed by atoms with E-state index in [1.165, 1.54) is 12.8 Å². The zero-order valence-electron chi connectivity index (χ0n) is 15.5. The quantitative estimate of drug-likeness (QED) is 0.866. The fourth-order valence-electron chi connectivity index (χ4n) is 4.53.